The van der Waals surface area contributed by atoms with Gasteiger partial charge in [-0.25, -0.2) is 0 Å². The molecule has 0 aliphatic rings. The summed E-state index contributed by atoms with van der Waals surface area (Å²) in [5.41, 5.74) is 3.98. The van der Waals surface area contributed by atoms with Gasteiger partial charge in [0.05, 0.1) is 19.5 Å². The van der Waals surface area contributed by atoms with E-state index in [1.165, 1.54) is 11.8 Å². The highest BCUT2D eigenvalue weighted by atomic mass is 32.2. The zero-order chi connectivity index (χ0) is 24.8. The number of hydrogen-bond donors (Lipinski definition) is 1. The van der Waals surface area contributed by atoms with E-state index in [4.69, 9.17) is 9.47 Å². The Morgan fingerprint density at radius 2 is 1.63 bits per heavy atom. The molecule has 0 bridgehead atoms. The third kappa shape index (κ3) is 5.84. The van der Waals surface area contributed by atoms with Crippen LogP contribution in [0.25, 0.3) is 17.1 Å². The summed E-state index contributed by atoms with van der Waals surface area (Å²) >= 11 is 1.37. The topological polar surface area (TPSA) is 78.3 Å². The number of carbonyl (C=O) groups is 1. The largest absolute Gasteiger partial charge is 0.497 e. The number of amides is 1. The number of ether oxygens (including phenoxy) is 2. The van der Waals surface area contributed by atoms with Crippen LogP contribution in [0, 0.1) is 6.92 Å². The van der Waals surface area contributed by atoms with E-state index in [1.807, 2.05) is 85.1 Å². The molecule has 35 heavy (non-hydrogen) atoms. The van der Waals surface area contributed by atoms with Crippen molar-refractivity contribution in [3.05, 3.63) is 83.9 Å². The van der Waals surface area contributed by atoms with Crippen LogP contribution in [0.2, 0.25) is 0 Å². The summed E-state index contributed by atoms with van der Waals surface area (Å²) in [6.45, 7) is 4.35. The van der Waals surface area contributed by atoms with Crippen molar-refractivity contribution in [1.29, 1.82) is 0 Å². The molecule has 1 N–H and O–H groups in total. The van der Waals surface area contributed by atoms with Gasteiger partial charge in [0.2, 0.25) is 5.91 Å². The molecule has 3 aromatic carbocycles. The Morgan fingerprint density at radius 1 is 0.971 bits per heavy atom. The van der Waals surface area contributed by atoms with E-state index in [-0.39, 0.29) is 11.2 Å². The molecule has 0 fully saturated rings. The van der Waals surface area contributed by atoms with E-state index in [0.717, 1.165) is 33.9 Å². The van der Waals surface area contributed by atoms with Crippen molar-refractivity contribution < 1.29 is 14.3 Å². The van der Waals surface area contributed by atoms with E-state index < -0.39 is 0 Å². The van der Waals surface area contributed by atoms with Crippen LogP contribution in [0.1, 0.15) is 18.1 Å². The predicted octanol–water partition coefficient (Wildman–Crippen LogP) is 5.06. The number of nitrogens with one attached hydrogen (secondary N) is 1. The Bertz CT molecular complexity index is 1290. The highest BCUT2D eigenvalue weighted by molar-refractivity contribution is 8.00. The minimum Gasteiger partial charge on any atom is -0.497 e. The van der Waals surface area contributed by atoms with Crippen LogP contribution in [0.15, 0.2) is 78.0 Å². The second-order valence-corrected chi connectivity index (χ2v) is 9.34. The number of rotatable bonds is 9. The maximum atomic E-state index is 12.9. The quantitative estimate of drug-likeness (QED) is 0.332. The summed E-state index contributed by atoms with van der Waals surface area (Å²) in [4.78, 5) is 12.9. The highest BCUT2D eigenvalue weighted by Gasteiger charge is 2.22. The molecule has 1 atom stereocenters. The molecule has 0 radical (unpaired) electrons. The van der Waals surface area contributed by atoms with Crippen molar-refractivity contribution in [1.82, 2.24) is 20.1 Å². The SMILES string of the molecule is COc1ccc(CNC(=O)[C@H](C)Sc2nnc(-c3cccc(C)c3)n2-c2ccc(OC)cc2)cc1. The first-order chi connectivity index (χ1) is 17.0. The van der Waals surface area contributed by atoms with Gasteiger partial charge in [-0.1, -0.05) is 47.7 Å². The molecule has 0 saturated carbocycles. The number of nitrogens with zero attached hydrogens (tertiary/aromatic N) is 3. The van der Waals surface area contributed by atoms with Gasteiger partial charge >= 0.3 is 0 Å². The summed E-state index contributed by atoms with van der Waals surface area (Å²) in [6.07, 6.45) is 0. The Kier molecular flexibility index (Phi) is 7.72. The first kappa shape index (κ1) is 24.3. The van der Waals surface area contributed by atoms with E-state index >= 15 is 0 Å². The van der Waals surface area contributed by atoms with Gasteiger partial charge in [0, 0.05) is 17.8 Å². The lowest BCUT2D eigenvalue weighted by Crippen LogP contribution is -2.30. The molecule has 0 spiro atoms. The van der Waals surface area contributed by atoms with Crippen LogP contribution in [0.4, 0.5) is 0 Å². The Hall–Kier alpha value is -3.78. The molecule has 4 aromatic rings. The van der Waals surface area contributed by atoms with Crippen molar-refractivity contribution >= 4 is 17.7 Å². The summed E-state index contributed by atoms with van der Waals surface area (Å²) < 4.78 is 12.5. The van der Waals surface area contributed by atoms with Crippen molar-refractivity contribution in [2.75, 3.05) is 14.2 Å². The fraction of sp³-hybridized carbons (Fsp3) is 0.222. The molecule has 7 nitrogen and oxygen atoms in total. The van der Waals surface area contributed by atoms with Gasteiger partial charge in [0.25, 0.3) is 0 Å². The minimum absolute atomic E-state index is 0.0767. The number of benzene rings is 3. The lowest BCUT2D eigenvalue weighted by atomic mass is 10.1. The van der Waals surface area contributed by atoms with Crippen molar-refractivity contribution in [3.8, 4) is 28.6 Å². The molecule has 0 aliphatic carbocycles. The Morgan fingerprint density at radius 3 is 2.26 bits per heavy atom. The van der Waals surface area contributed by atoms with Gasteiger partial charge in [-0.05, 0) is 61.9 Å². The third-order valence-corrected chi connectivity index (χ3v) is 6.56. The number of carbonyl (C=O) groups excluding carboxylic acids is 1. The smallest absolute Gasteiger partial charge is 0.233 e. The fourth-order valence-electron chi connectivity index (χ4n) is 3.57. The molecule has 0 aliphatic heterocycles. The van der Waals surface area contributed by atoms with Gasteiger partial charge in [-0.3, -0.25) is 9.36 Å². The normalized spacial score (nSPS) is 11.7. The van der Waals surface area contributed by atoms with Gasteiger partial charge in [0.15, 0.2) is 11.0 Å². The van der Waals surface area contributed by atoms with Crippen LogP contribution in [-0.4, -0.2) is 40.1 Å². The lowest BCUT2D eigenvalue weighted by Gasteiger charge is -2.14. The molecule has 1 aromatic heterocycles. The van der Waals surface area contributed by atoms with Crippen molar-refractivity contribution in [2.45, 2.75) is 30.8 Å². The summed E-state index contributed by atoms with van der Waals surface area (Å²) in [6, 6.07) is 23.5. The molecule has 4 rings (SSSR count). The average molecular weight is 489 g/mol. The van der Waals surface area contributed by atoms with Crippen LogP contribution in [0.3, 0.4) is 0 Å². The van der Waals surface area contributed by atoms with Gasteiger partial charge in [0.1, 0.15) is 11.5 Å². The highest BCUT2D eigenvalue weighted by Crippen LogP contribution is 2.31. The van der Waals surface area contributed by atoms with Crippen LogP contribution in [0.5, 0.6) is 11.5 Å². The fourth-order valence-corrected chi connectivity index (χ4v) is 4.46. The third-order valence-electron chi connectivity index (χ3n) is 5.52. The van der Waals surface area contributed by atoms with Gasteiger partial charge < -0.3 is 14.8 Å². The van der Waals surface area contributed by atoms with E-state index in [2.05, 4.69) is 21.6 Å². The number of thioether (sulfide) groups is 1. The summed E-state index contributed by atoms with van der Waals surface area (Å²) in [5, 5.41) is 12.2. The average Bonchev–Trinajstić information content (AvgIpc) is 3.31. The van der Waals surface area contributed by atoms with Crippen molar-refractivity contribution in [3.63, 3.8) is 0 Å². The maximum Gasteiger partial charge on any atom is 0.233 e. The Balaban J connectivity index is 1.56. The minimum atomic E-state index is -0.375. The Labute approximate surface area is 209 Å². The first-order valence-corrected chi connectivity index (χ1v) is 12.1. The molecular weight excluding hydrogens is 460 g/mol. The lowest BCUT2D eigenvalue weighted by molar-refractivity contribution is -0.120. The van der Waals surface area contributed by atoms with Crippen LogP contribution < -0.4 is 14.8 Å². The number of methoxy groups -OCH3 is 2. The summed E-state index contributed by atoms with van der Waals surface area (Å²) in [7, 11) is 3.27. The molecule has 0 saturated heterocycles. The number of aromatic nitrogens is 3. The maximum absolute atomic E-state index is 12.9. The van der Waals surface area contributed by atoms with Gasteiger partial charge in [-0.2, -0.15) is 0 Å². The second-order valence-electron chi connectivity index (χ2n) is 8.04. The zero-order valence-corrected chi connectivity index (χ0v) is 21.0. The van der Waals surface area contributed by atoms with Gasteiger partial charge in [-0.15, -0.1) is 10.2 Å². The summed E-state index contributed by atoms with van der Waals surface area (Å²) in [5.74, 6) is 2.19. The number of hydrogen-bond acceptors (Lipinski definition) is 6. The molecule has 180 valence electrons. The molecule has 0 unspecified atom stereocenters. The molecule has 1 amide bonds. The van der Waals surface area contributed by atoms with E-state index in [9.17, 15) is 4.79 Å². The van der Waals surface area contributed by atoms with E-state index in [0.29, 0.717) is 17.5 Å². The first-order valence-electron chi connectivity index (χ1n) is 11.2. The standard InChI is InChI=1S/C27H28N4O3S/c1-18-6-5-7-21(16-18)25-29-30-27(31(25)22-10-14-24(34-4)15-11-22)35-19(2)26(32)28-17-20-8-12-23(33-3)13-9-20/h5-16,19H,17H2,1-4H3,(H,28,32)/t19-/m0/s1. The van der Waals surface area contributed by atoms with Crippen LogP contribution in [-0.2, 0) is 11.3 Å². The van der Waals surface area contributed by atoms with E-state index in [1.54, 1.807) is 14.2 Å². The second kappa shape index (κ2) is 11.1. The molecule has 8 heteroatoms. The zero-order valence-electron chi connectivity index (χ0n) is 20.2. The molecule has 1 heterocycles. The predicted molar refractivity (Wildman–Crippen MR) is 138 cm³/mol. The van der Waals surface area contributed by atoms with Crippen LogP contribution >= 0.6 is 11.8 Å². The monoisotopic (exact) mass is 488 g/mol. The molecular formula is C27H28N4O3S. The van der Waals surface area contributed by atoms with Crippen molar-refractivity contribution in [2.24, 2.45) is 0 Å². The number of aryl methyl sites for hydroxylation is 1.